The summed E-state index contributed by atoms with van der Waals surface area (Å²) >= 11 is 0. The van der Waals surface area contributed by atoms with E-state index in [1.807, 2.05) is 0 Å². The molecule has 1 aromatic heterocycles. The average molecular weight is 590 g/mol. The fourth-order valence-corrected chi connectivity index (χ4v) is 5.30. The number of hydrogen-bond acceptors (Lipinski definition) is 8. The monoisotopic (exact) mass is 589 g/mol. The summed E-state index contributed by atoms with van der Waals surface area (Å²) in [7, 11) is 0. The second-order valence-electron chi connectivity index (χ2n) is 10.2. The summed E-state index contributed by atoms with van der Waals surface area (Å²) < 4.78 is 6.28. The number of benzene rings is 4. The van der Waals surface area contributed by atoms with Crippen molar-refractivity contribution in [1.82, 2.24) is 4.98 Å². The Balaban J connectivity index is 1.61. The molecule has 2 aliphatic rings. The molecule has 0 bridgehead atoms. The van der Waals surface area contributed by atoms with Crippen LogP contribution in [0.1, 0.15) is 42.3 Å². The largest absolute Gasteiger partial charge is 0.478 e. The Morgan fingerprint density at radius 1 is 0.886 bits per heavy atom. The van der Waals surface area contributed by atoms with Gasteiger partial charge in [-0.05, 0) is 66.6 Å². The van der Waals surface area contributed by atoms with Crippen LogP contribution in [0.25, 0.3) is 44.3 Å². The lowest BCUT2D eigenvalue weighted by Crippen LogP contribution is -2.09. The van der Waals surface area contributed by atoms with E-state index in [1.165, 1.54) is 30.3 Å². The van der Waals surface area contributed by atoms with Gasteiger partial charge < -0.3 is 30.8 Å². The smallest absolute Gasteiger partial charge is 0.354 e. The molecular formula is C33H23N3O8. The molecule has 44 heavy (non-hydrogen) atoms. The Hall–Kier alpha value is -6.23. The number of carboxylic acids is 3. The molecule has 4 aromatic rings. The van der Waals surface area contributed by atoms with Crippen LogP contribution in [0.15, 0.2) is 82.0 Å². The highest BCUT2D eigenvalue weighted by atomic mass is 16.4. The lowest BCUT2D eigenvalue weighted by atomic mass is 9.88. The SMILES string of the molecule is Cc1cc2c(-c3cc(C(=O)O)ccc3C(=O)O)c3ccc(N)c(CNc4cccc5ccc(C(=O)O)nc45)c3oc-2cc1=O. The van der Waals surface area contributed by atoms with E-state index >= 15 is 0 Å². The average Bonchev–Trinajstić information content (AvgIpc) is 2.99. The summed E-state index contributed by atoms with van der Waals surface area (Å²) in [6, 6.07) is 18.3. The minimum Gasteiger partial charge on any atom is -0.478 e. The minimum absolute atomic E-state index is 0.0761. The maximum atomic E-state index is 12.7. The van der Waals surface area contributed by atoms with Crippen LogP contribution in [0.4, 0.5) is 11.4 Å². The number of nitrogens with two attached hydrogens (primary N) is 1. The maximum absolute atomic E-state index is 12.7. The molecular weight excluding hydrogens is 566 g/mol. The molecule has 3 aromatic carbocycles. The first kappa shape index (κ1) is 27.9. The zero-order valence-corrected chi connectivity index (χ0v) is 23.0. The Labute approximate surface area is 248 Å². The van der Waals surface area contributed by atoms with E-state index in [1.54, 1.807) is 49.4 Å². The zero-order valence-electron chi connectivity index (χ0n) is 23.0. The fourth-order valence-electron chi connectivity index (χ4n) is 5.30. The molecule has 218 valence electrons. The molecule has 2 heterocycles. The van der Waals surface area contributed by atoms with Gasteiger partial charge in [-0.25, -0.2) is 19.4 Å². The van der Waals surface area contributed by atoms with Crippen molar-refractivity contribution in [3.63, 3.8) is 0 Å². The van der Waals surface area contributed by atoms with Gasteiger partial charge in [0.2, 0.25) is 0 Å². The van der Waals surface area contributed by atoms with Gasteiger partial charge in [0.1, 0.15) is 17.0 Å². The third kappa shape index (κ3) is 4.71. The van der Waals surface area contributed by atoms with Gasteiger partial charge in [-0.1, -0.05) is 18.2 Å². The fraction of sp³-hybridized carbons (Fsp3) is 0.0606. The summed E-state index contributed by atoms with van der Waals surface area (Å²) in [4.78, 5) is 52.7. The van der Waals surface area contributed by atoms with Crippen LogP contribution >= 0.6 is 0 Å². The van der Waals surface area contributed by atoms with Crippen molar-refractivity contribution in [2.75, 3.05) is 11.1 Å². The van der Waals surface area contributed by atoms with Crippen molar-refractivity contribution in [2.24, 2.45) is 0 Å². The molecule has 0 radical (unpaired) electrons. The summed E-state index contributed by atoms with van der Waals surface area (Å²) in [5, 5.41) is 33.6. The molecule has 0 amide bonds. The van der Waals surface area contributed by atoms with E-state index in [4.69, 9.17) is 10.2 Å². The summed E-state index contributed by atoms with van der Waals surface area (Å²) in [5.74, 6) is -3.51. The molecule has 11 nitrogen and oxygen atoms in total. The number of nitrogens with one attached hydrogen (secondary N) is 1. The first-order valence-electron chi connectivity index (χ1n) is 13.3. The van der Waals surface area contributed by atoms with Gasteiger partial charge in [0.15, 0.2) is 5.43 Å². The number of para-hydroxylation sites is 1. The van der Waals surface area contributed by atoms with E-state index in [0.717, 1.165) is 0 Å². The highest BCUT2D eigenvalue weighted by Crippen LogP contribution is 2.44. The third-order valence-electron chi connectivity index (χ3n) is 7.49. The standard InChI is InChI=1S/C33H23N3O8/c1-15-11-21-27(13-26(15)37)44-30-19(28(21)20-12-17(31(38)39)5-7-18(20)32(40)41)8-9-23(34)22(30)14-35-24-4-2-3-16-6-10-25(33(42)43)36-29(16)24/h2-13,35H,14,34H2,1H3,(H,38,39)(H,40,41)(H,42,43). The van der Waals surface area contributed by atoms with Crippen molar-refractivity contribution in [3.05, 3.63) is 111 Å². The summed E-state index contributed by atoms with van der Waals surface area (Å²) in [6.07, 6.45) is 0. The molecule has 0 saturated heterocycles. The number of nitrogens with zero attached hydrogens (tertiary/aromatic N) is 1. The van der Waals surface area contributed by atoms with Crippen molar-refractivity contribution < 1.29 is 34.1 Å². The third-order valence-corrected chi connectivity index (χ3v) is 7.49. The number of aromatic carboxylic acids is 3. The number of aryl methyl sites for hydroxylation is 1. The predicted octanol–water partition coefficient (Wildman–Crippen LogP) is 5.71. The van der Waals surface area contributed by atoms with Crippen LogP contribution < -0.4 is 16.5 Å². The molecule has 1 aliphatic carbocycles. The van der Waals surface area contributed by atoms with Crippen molar-refractivity contribution in [1.29, 1.82) is 0 Å². The zero-order chi connectivity index (χ0) is 31.3. The van der Waals surface area contributed by atoms with E-state index in [9.17, 15) is 34.5 Å². The van der Waals surface area contributed by atoms with E-state index in [0.29, 0.717) is 49.9 Å². The topological polar surface area (TPSA) is 193 Å². The van der Waals surface area contributed by atoms with Crippen LogP contribution in [-0.4, -0.2) is 38.2 Å². The second kappa shape index (κ2) is 10.6. The normalized spacial score (nSPS) is 11.2. The van der Waals surface area contributed by atoms with Gasteiger partial charge in [0.25, 0.3) is 0 Å². The molecule has 0 saturated carbocycles. The van der Waals surface area contributed by atoms with E-state index in [-0.39, 0.29) is 45.7 Å². The van der Waals surface area contributed by atoms with E-state index < -0.39 is 17.9 Å². The Morgan fingerprint density at radius 3 is 2.41 bits per heavy atom. The number of carbonyl (C=O) groups is 3. The Morgan fingerprint density at radius 2 is 1.68 bits per heavy atom. The van der Waals surface area contributed by atoms with Crippen molar-refractivity contribution >= 4 is 51.2 Å². The molecule has 0 spiro atoms. The van der Waals surface area contributed by atoms with Crippen LogP contribution in [0, 0.1) is 6.92 Å². The Kier molecular flexibility index (Phi) is 6.70. The highest BCUT2D eigenvalue weighted by molar-refractivity contribution is 6.10. The summed E-state index contributed by atoms with van der Waals surface area (Å²) in [6.45, 7) is 1.70. The minimum atomic E-state index is -1.27. The molecule has 11 heteroatoms. The van der Waals surface area contributed by atoms with Crippen LogP contribution in [0.5, 0.6) is 0 Å². The number of hydrogen-bond donors (Lipinski definition) is 5. The quantitative estimate of drug-likeness (QED) is 0.113. The number of aromatic nitrogens is 1. The van der Waals surface area contributed by atoms with Gasteiger partial charge in [0.05, 0.1) is 22.3 Å². The number of nitrogen functional groups attached to an aromatic ring is 1. The molecule has 6 rings (SSSR count). The van der Waals surface area contributed by atoms with E-state index in [2.05, 4.69) is 10.3 Å². The number of carboxylic acid groups (broad SMARTS) is 3. The van der Waals surface area contributed by atoms with Gasteiger partial charge >= 0.3 is 17.9 Å². The number of anilines is 2. The molecule has 0 fully saturated rings. The molecule has 1 aliphatic heterocycles. The maximum Gasteiger partial charge on any atom is 0.354 e. The molecule has 0 atom stereocenters. The van der Waals surface area contributed by atoms with Gasteiger partial charge in [0, 0.05) is 45.8 Å². The van der Waals surface area contributed by atoms with Gasteiger partial charge in [-0.2, -0.15) is 0 Å². The van der Waals surface area contributed by atoms with Crippen molar-refractivity contribution in [3.8, 4) is 22.5 Å². The number of rotatable bonds is 7. The number of fused-ring (bicyclic) bond motifs is 3. The van der Waals surface area contributed by atoms with Crippen LogP contribution in [-0.2, 0) is 6.54 Å². The van der Waals surface area contributed by atoms with Crippen LogP contribution in [0.3, 0.4) is 0 Å². The van der Waals surface area contributed by atoms with Gasteiger partial charge in [-0.15, -0.1) is 0 Å². The first-order chi connectivity index (χ1) is 21.0. The first-order valence-corrected chi connectivity index (χ1v) is 13.3. The second-order valence-corrected chi connectivity index (χ2v) is 10.2. The van der Waals surface area contributed by atoms with Crippen LogP contribution in [0.2, 0.25) is 0 Å². The van der Waals surface area contributed by atoms with Crippen molar-refractivity contribution in [2.45, 2.75) is 13.5 Å². The molecule has 6 N–H and O–H groups in total. The lowest BCUT2D eigenvalue weighted by Gasteiger charge is -2.20. The number of pyridine rings is 1. The Bertz CT molecular complexity index is 2220. The molecule has 0 unspecified atom stereocenters. The summed E-state index contributed by atoms with van der Waals surface area (Å²) in [5.41, 5.74) is 9.05. The highest BCUT2D eigenvalue weighted by Gasteiger charge is 2.25. The lowest BCUT2D eigenvalue weighted by molar-refractivity contribution is 0.0682. The van der Waals surface area contributed by atoms with Gasteiger partial charge in [-0.3, -0.25) is 4.79 Å². The predicted molar refractivity (Wildman–Crippen MR) is 164 cm³/mol.